The fraction of sp³-hybridized carbons (Fsp3) is 0.360. The Kier molecular flexibility index (Phi) is 5.84. The second-order valence-electron chi connectivity index (χ2n) is 9.15. The maximum atomic E-state index is 13.4. The Balaban J connectivity index is 1.37. The predicted octanol–water partition coefficient (Wildman–Crippen LogP) is 3.56. The van der Waals surface area contributed by atoms with Crippen molar-refractivity contribution in [1.29, 1.82) is 0 Å². The van der Waals surface area contributed by atoms with Gasteiger partial charge in [0, 0.05) is 37.0 Å². The molecule has 5 rings (SSSR count). The molecule has 0 aromatic heterocycles. The van der Waals surface area contributed by atoms with Gasteiger partial charge in [-0.1, -0.05) is 12.1 Å². The number of aryl methyl sites for hydroxylation is 2. The van der Waals surface area contributed by atoms with Gasteiger partial charge < -0.3 is 20.3 Å². The van der Waals surface area contributed by atoms with Crippen LogP contribution >= 0.6 is 0 Å². The molecule has 37 heavy (non-hydrogen) atoms. The number of alkyl halides is 3. The minimum Gasteiger partial charge on any atom is -0.427 e. The lowest BCUT2D eigenvalue weighted by atomic mass is 9.94. The van der Waals surface area contributed by atoms with Gasteiger partial charge in [-0.2, -0.15) is 13.2 Å². The molecule has 3 aliphatic rings. The number of hydrogen-bond donors (Lipinski definition) is 2. The highest BCUT2D eigenvalue weighted by Gasteiger charge is 2.58. The lowest BCUT2D eigenvalue weighted by Crippen LogP contribution is -2.46. The van der Waals surface area contributed by atoms with Crippen LogP contribution in [0.4, 0.5) is 34.1 Å². The van der Waals surface area contributed by atoms with Crippen LogP contribution in [0.25, 0.3) is 0 Å². The highest BCUT2D eigenvalue weighted by atomic mass is 19.4. The van der Waals surface area contributed by atoms with E-state index in [1.165, 1.54) is 18.0 Å². The van der Waals surface area contributed by atoms with Crippen LogP contribution in [0.15, 0.2) is 36.4 Å². The SMILES string of the molecule is CNC(=O)Nc1ccc2c(c1)CCC21OC(=O)N(CC(=O)N2CCCc3ccc(C(F)(F)F)cc32)C1=O. The highest BCUT2D eigenvalue weighted by Crippen LogP contribution is 2.46. The van der Waals surface area contributed by atoms with Gasteiger partial charge in [0.1, 0.15) is 6.54 Å². The number of halogens is 3. The summed E-state index contributed by atoms with van der Waals surface area (Å²) in [6.45, 7) is -0.486. The topological polar surface area (TPSA) is 108 Å². The van der Waals surface area contributed by atoms with Crippen LogP contribution in [0, 0.1) is 0 Å². The molecule has 1 spiro atoms. The Labute approximate surface area is 209 Å². The Morgan fingerprint density at radius 3 is 2.59 bits per heavy atom. The van der Waals surface area contributed by atoms with Gasteiger partial charge in [-0.05, 0) is 54.7 Å². The molecule has 1 aliphatic carbocycles. The number of benzene rings is 2. The average Bonchev–Trinajstić information content (AvgIpc) is 3.34. The summed E-state index contributed by atoms with van der Waals surface area (Å²) in [4.78, 5) is 52.9. The molecule has 12 heteroatoms. The van der Waals surface area contributed by atoms with E-state index in [2.05, 4.69) is 10.6 Å². The zero-order valence-electron chi connectivity index (χ0n) is 19.8. The molecule has 2 aliphatic heterocycles. The Morgan fingerprint density at radius 1 is 1.08 bits per heavy atom. The van der Waals surface area contributed by atoms with E-state index < -0.39 is 47.8 Å². The molecule has 1 fully saturated rings. The maximum Gasteiger partial charge on any atom is 0.418 e. The number of carbonyl (C=O) groups is 4. The predicted molar refractivity (Wildman–Crippen MR) is 125 cm³/mol. The molecule has 1 atom stereocenters. The second kappa shape index (κ2) is 8.79. The minimum absolute atomic E-state index is 0.128. The number of fused-ring (bicyclic) bond motifs is 3. The monoisotopic (exact) mass is 516 g/mol. The van der Waals surface area contributed by atoms with Gasteiger partial charge in [0.25, 0.3) is 5.91 Å². The largest absolute Gasteiger partial charge is 0.427 e. The van der Waals surface area contributed by atoms with E-state index in [1.54, 1.807) is 18.2 Å². The van der Waals surface area contributed by atoms with Crippen molar-refractivity contribution in [3.8, 4) is 0 Å². The van der Waals surface area contributed by atoms with Crippen LogP contribution in [-0.2, 0) is 38.9 Å². The van der Waals surface area contributed by atoms with Crippen molar-refractivity contribution in [2.45, 2.75) is 37.5 Å². The van der Waals surface area contributed by atoms with E-state index in [4.69, 9.17) is 4.74 Å². The number of amides is 5. The van der Waals surface area contributed by atoms with Crippen LogP contribution in [0.1, 0.15) is 35.1 Å². The van der Waals surface area contributed by atoms with E-state index >= 15 is 0 Å². The Bertz CT molecular complexity index is 1330. The van der Waals surface area contributed by atoms with Gasteiger partial charge in [0.2, 0.25) is 11.5 Å². The number of nitrogens with zero attached hydrogens (tertiary/aromatic N) is 2. The smallest absolute Gasteiger partial charge is 0.418 e. The number of rotatable bonds is 3. The molecule has 2 heterocycles. The third-order valence-electron chi connectivity index (χ3n) is 6.97. The van der Waals surface area contributed by atoms with Crippen LogP contribution in [-0.4, -0.2) is 49.0 Å². The lowest BCUT2D eigenvalue weighted by Gasteiger charge is -2.31. The van der Waals surface area contributed by atoms with Crippen LogP contribution < -0.4 is 15.5 Å². The zero-order valence-corrected chi connectivity index (χ0v) is 19.8. The molecule has 0 saturated carbocycles. The van der Waals surface area contributed by atoms with E-state index in [0.717, 1.165) is 17.0 Å². The molecule has 5 amide bonds. The summed E-state index contributed by atoms with van der Waals surface area (Å²) in [7, 11) is 1.47. The summed E-state index contributed by atoms with van der Waals surface area (Å²) in [5, 5.41) is 5.08. The lowest BCUT2D eigenvalue weighted by molar-refractivity contribution is -0.139. The van der Waals surface area contributed by atoms with Gasteiger partial charge in [0.05, 0.1) is 5.56 Å². The standard InChI is InChI=1S/C25H23F3N4O5/c1-29-22(35)30-17-6-7-18-15(11-17)8-9-24(18)21(34)32(23(36)37-24)13-20(33)31-10-2-3-14-4-5-16(12-19(14)31)25(26,27)28/h4-7,11-12H,2-3,8-10,13H2,1H3,(H2,29,30,35). The first kappa shape index (κ1) is 24.6. The Hall–Kier alpha value is -4.09. The van der Waals surface area contributed by atoms with Crippen molar-refractivity contribution < 1.29 is 37.1 Å². The first-order chi connectivity index (χ1) is 17.5. The van der Waals surface area contributed by atoms with E-state index in [0.29, 0.717) is 41.6 Å². The van der Waals surface area contributed by atoms with E-state index in [-0.39, 0.29) is 18.7 Å². The van der Waals surface area contributed by atoms with Crippen molar-refractivity contribution in [3.05, 3.63) is 58.7 Å². The summed E-state index contributed by atoms with van der Waals surface area (Å²) in [6.07, 6.45) is -3.94. The van der Waals surface area contributed by atoms with Crippen LogP contribution in [0.5, 0.6) is 0 Å². The molecule has 2 N–H and O–H groups in total. The molecule has 0 bridgehead atoms. The van der Waals surface area contributed by atoms with Crippen LogP contribution in [0.2, 0.25) is 0 Å². The fourth-order valence-corrected chi connectivity index (χ4v) is 5.16. The molecule has 2 aromatic carbocycles. The number of carbonyl (C=O) groups excluding carboxylic acids is 4. The van der Waals surface area contributed by atoms with Crippen molar-refractivity contribution >= 4 is 35.3 Å². The Morgan fingerprint density at radius 2 is 1.86 bits per heavy atom. The second-order valence-corrected chi connectivity index (χ2v) is 9.15. The molecule has 1 saturated heterocycles. The summed E-state index contributed by atoms with van der Waals surface area (Å²) < 4.78 is 45.4. The third kappa shape index (κ3) is 4.15. The fourth-order valence-electron chi connectivity index (χ4n) is 5.16. The van der Waals surface area contributed by atoms with Gasteiger partial charge >= 0.3 is 18.3 Å². The van der Waals surface area contributed by atoms with Crippen molar-refractivity contribution in [2.24, 2.45) is 0 Å². The maximum absolute atomic E-state index is 13.4. The van der Waals surface area contributed by atoms with E-state index in [1.807, 2.05) is 0 Å². The number of hydrogen-bond acceptors (Lipinski definition) is 5. The van der Waals surface area contributed by atoms with Crippen molar-refractivity contribution in [2.75, 3.05) is 30.4 Å². The van der Waals surface area contributed by atoms with Gasteiger partial charge in [-0.3, -0.25) is 9.59 Å². The van der Waals surface area contributed by atoms with Crippen molar-refractivity contribution in [3.63, 3.8) is 0 Å². The summed E-state index contributed by atoms with van der Waals surface area (Å²) in [5.74, 6) is -1.37. The minimum atomic E-state index is -4.58. The number of nitrogens with one attached hydrogen (secondary N) is 2. The quantitative estimate of drug-likeness (QED) is 0.649. The number of imide groups is 1. The third-order valence-corrected chi connectivity index (χ3v) is 6.97. The zero-order chi connectivity index (χ0) is 26.5. The molecule has 1 unspecified atom stereocenters. The number of anilines is 2. The molecule has 194 valence electrons. The normalized spacial score (nSPS) is 20.5. The van der Waals surface area contributed by atoms with Crippen molar-refractivity contribution in [1.82, 2.24) is 10.2 Å². The van der Waals surface area contributed by atoms with Gasteiger partial charge in [0.15, 0.2) is 0 Å². The first-order valence-corrected chi connectivity index (χ1v) is 11.7. The molecule has 9 nitrogen and oxygen atoms in total. The van der Waals surface area contributed by atoms with Crippen LogP contribution in [0.3, 0.4) is 0 Å². The number of ether oxygens (including phenoxy) is 1. The molecule has 2 aromatic rings. The summed E-state index contributed by atoms with van der Waals surface area (Å²) >= 11 is 0. The van der Waals surface area contributed by atoms with Gasteiger partial charge in [-0.15, -0.1) is 0 Å². The molecular formula is C25H23F3N4O5. The highest BCUT2D eigenvalue weighted by molar-refractivity contribution is 6.08. The number of urea groups is 1. The summed E-state index contributed by atoms with van der Waals surface area (Å²) in [5.41, 5.74) is -0.0559. The van der Waals surface area contributed by atoms with Gasteiger partial charge in [-0.25, -0.2) is 14.5 Å². The summed E-state index contributed by atoms with van der Waals surface area (Å²) in [6, 6.07) is 7.72. The first-order valence-electron chi connectivity index (χ1n) is 11.7. The average molecular weight is 516 g/mol. The molecule has 0 radical (unpaired) electrons. The van der Waals surface area contributed by atoms with E-state index in [9.17, 15) is 32.3 Å². The molecular weight excluding hydrogens is 493 g/mol.